The van der Waals surface area contributed by atoms with E-state index in [0.717, 1.165) is 11.6 Å². The number of ether oxygens (including phenoxy) is 1. The Morgan fingerprint density at radius 1 is 1.16 bits per heavy atom. The fourth-order valence-electron chi connectivity index (χ4n) is 2.78. The van der Waals surface area contributed by atoms with Crippen LogP contribution in [-0.2, 0) is 0 Å². The minimum atomic E-state index is -2.42. The number of benzene rings is 2. The highest BCUT2D eigenvalue weighted by molar-refractivity contribution is 6.23. The Bertz CT molecular complexity index is 856. The zero-order chi connectivity index (χ0) is 18.4. The Kier molecular flexibility index (Phi) is 4.09. The minimum Gasteiger partial charge on any atom is -0.476 e. The van der Waals surface area contributed by atoms with Gasteiger partial charge in [-0.05, 0) is 24.6 Å². The predicted molar refractivity (Wildman–Crippen MR) is 88.2 cm³/mol. The van der Waals surface area contributed by atoms with E-state index in [4.69, 9.17) is 16.3 Å². The molecular weight excluding hydrogens is 352 g/mol. The molecule has 0 aromatic heterocycles. The van der Waals surface area contributed by atoms with Gasteiger partial charge in [-0.3, -0.25) is 20.2 Å². The number of aliphatic hydroxyl groups excluding tert-OH is 1. The quantitative estimate of drug-likeness (QED) is 0.386. The van der Waals surface area contributed by atoms with Gasteiger partial charge in [0.15, 0.2) is 6.10 Å². The lowest BCUT2D eigenvalue weighted by Gasteiger charge is -2.37. The first-order valence-corrected chi connectivity index (χ1v) is 7.66. The maximum absolute atomic E-state index is 11.7. The zero-order valence-electron chi connectivity index (χ0n) is 13.0. The van der Waals surface area contributed by atoms with E-state index >= 15 is 0 Å². The van der Waals surface area contributed by atoms with Gasteiger partial charge >= 0.3 is 5.00 Å². The number of nitro groups is 2. The number of non-ortho nitro benzene ring substituents is 1. The third-order valence-electron chi connectivity index (χ3n) is 4.15. The number of rotatable bonds is 3. The SMILES string of the molecule is Cc1ccc([C@@H]2Oc3ccc([N+](=O)[O-])cc3[C@H](O)[C@@]2(Cl)[N+](=O)[O-])cc1. The molecule has 0 spiro atoms. The number of nitrogens with zero attached hydrogens (tertiary/aromatic N) is 2. The van der Waals surface area contributed by atoms with E-state index in [1.807, 2.05) is 6.92 Å². The summed E-state index contributed by atoms with van der Waals surface area (Å²) in [6.45, 7) is 1.86. The first-order chi connectivity index (χ1) is 11.7. The molecule has 0 unspecified atom stereocenters. The highest BCUT2D eigenvalue weighted by atomic mass is 35.5. The second-order valence-corrected chi connectivity index (χ2v) is 6.38. The van der Waals surface area contributed by atoms with Gasteiger partial charge < -0.3 is 9.84 Å². The summed E-state index contributed by atoms with van der Waals surface area (Å²) in [6, 6.07) is 10.3. The van der Waals surface area contributed by atoms with E-state index in [2.05, 4.69) is 0 Å². The Morgan fingerprint density at radius 3 is 2.36 bits per heavy atom. The molecule has 25 heavy (non-hydrogen) atoms. The van der Waals surface area contributed by atoms with Gasteiger partial charge in [-0.15, -0.1) is 0 Å². The molecule has 0 fully saturated rings. The number of aryl methyl sites for hydroxylation is 1. The van der Waals surface area contributed by atoms with Gasteiger partial charge in [0.05, 0.1) is 9.85 Å². The number of aliphatic hydroxyl groups is 1. The number of hydrogen-bond acceptors (Lipinski definition) is 6. The third kappa shape index (κ3) is 2.69. The van der Waals surface area contributed by atoms with Gasteiger partial charge in [-0.25, -0.2) is 0 Å². The molecule has 1 aliphatic heterocycles. The fraction of sp³-hybridized carbons (Fsp3) is 0.250. The Labute approximate surface area is 146 Å². The van der Waals surface area contributed by atoms with Crippen LogP contribution >= 0.6 is 11.6 Å². The number of hydrogen-bond donors (Lipinski definition) is 1. The molecule has 3 rings (SSSR count). The van der Waals surface area contributed by atoms with Gasteiger partial charge in [-0.1, -0.05) is 29.8 Å². The Balaban J connectivity index is 2.16. The summed E-state index contributed by atoms with van der Waals surface area (Å²) in [5.74, 6) is 0.113. The zero-order valence-corrected chi connectivity index (χ0v) is 13.7. The molecular formula is C16H13ClN2O6. The van der Waals surface area contributed by atoms with Gasteiger partial charge in [0, 0.05) is 23.3 Å². The summed E-state index contributed by atoms with van der Waals surface area (Å²) < 4.78 is 5.68. The van der Waals surface area contributed by atoms with Crippen LogP contribution in [0.3, 0.4) is 0 Å². The van der Waals surface area contributed by atoms with Crippen molar-refractivity contribution < 1.29 is 19.7 Å². The first-order valence-electron chi connectivity index (χ1n) is 7.28. The second kappa shape index (κ2) is 5.98. The largest absolute Gasteiger partial charge is 0.476 e. The molecule has 2 aromatic rings. The standard InChI is InChI=1S/C16H13ClN2O6/c1-9-2-4-10(5-3-9)15-16(17,19(23)24)14(20)12-8-11(18(21)22)6-7-13(12)25-15/h2-8,14-15,20H,1H3/t14-,15-,16+/m0/s1. The summed E-state index contributed by atoms with van der Waals surface area (Å²) >= 11 is 6.22. The summed E-state index contributed by atoms with van der Waals surface area (Å²) in [6.07, 6.45) is -3.06. The molecule has 1 heterocycles. The molecule has 0 aliphatic carbocycles. The smallest absolute Gasteiger partial charge is 0.364 e. The minimum absolute atomic E-state index is 0.0933. The summed E-state index contributed by atoms with van der Waals surface area (Å²) in [7, 11) is 0. The van der Waals surface area contributed by atoms with Crippen molar-refractivity contribution in [3.8, 4) is 5.75 Å². The Hall–Kier alpha value is -2.71. The van der Waals surface area contributed by atoms with Crippen molar-refractivity contribution in [2.24, 2.45) is 0 Å². The molecule has 0 radical (unpaired) electrons. The second-order valence-electron chi connectivity index (χ2n) is 5.78. The van der Waals surface area contributed by atoms with Crippen LogP contribution < -0.4 is 4.74 Å². The molecule has 0 saturated carbocycles. The first kappa shape index (κ1) is 17.1. The molecule has 1 aliphatic rings. The normalized spacial score (nSPS) is 24.9. The van der Waals surface area contributed by atoms with Crippen LogP contribution in [0.15, 0.2) is 42.5 Å². The van der Waals surface area contributed by atoms with Crippen molar-refractivity contribution in [2.75, 3.05) is 0 Å². The summed E-state index contributed by atoms with van der Waals surface area (Å²) in [5.41, 5.74) is 0.944. The maximum Gasteiger partial charge on any atom is 0.364 e. The van der Waals surface area contributed by atoms with Crippen molar-refractivity contribution in [1.82, 2.24) is 0 Å². The van der Waals surface area contributed by atoms with Crippen LogP contribution in [0.25, 0.3) is 0 Å². The van der Waals surface area contributed by atoms with Crippen molar-refractivity contribution in [3.05, 3.63) is 79.4 Å². The molecule has 2 aromatic carbocycles. The van der Waals surface area contributed by atoms with Crippen molar-refractivity contribution in [1.29, 1.82) is 0 Å². The average Bonchev–Trinajstić information content (AvgIpc) is 2.58. The number of alkyl halides is 1. The third-order valence-corrected chi connectivity index (χ3v) is 4.70. The maximum atomic E-state index is 11.7. The molecule has 0 bridgehead atoms. The van der Waals surface area contributed by atoms with Gasteiger partial charge in [-0.2, -0.15) is 0 Å². The molecule has 1 N–H and O–H groups in total. The lowest BCUT2D eigenvalue weighted by Crippen LogP contribution is -2.49. The molecule has 130 valence electrons. The summed E-state index contributed by atoms with van der Waals surface area (Å²) in [5, 5.41) is 33.2. The fourth-order valence-corrected chi connectivity index (χ4v) is 3.07. The highest BCUT2D eigenvalue weighted by Gasteiger charge is 2.61. The van der Waals surface area contributed by atoms with Gasteiger partial charge in [0.2, 0.25) is 6.10 Å². The lowest BCUT2D eigenvalue weighted by molar-refractivity contribution is -0.570. The van der Waals surface area contributed by atoms with E-state index in [1.54, 1.807) is 24.3 Å². The van der Waals surface area contributed by atoms with E-state index in [1.165, 1.54) is 12.1 Å². The molecule has 9 heteroatoms. The average molecular weight is 365 g/mol. The predicted octanol–water partition coefficient (Wildman–Crippen LogP) is 3.28. The molecule has 0 amide bonds. The van der Waals surface area contributed by atoms with Gasteiger partial charge in [0.25, 0.3) is 5.69 Å². The molecule has 0 saturated heterocycles. The number of nitro benzene ring substituents is 1. The van der Waals surface area contributed by atoms with Gasteiger partial charge in [0.1, 0.15) is 5.75 Å². The van der Waals surface area contributed by atoms with Crippen LogP contribution in [0.4, 0.5) is 5.69 Å². The van der Waals surface area contributed by atoms with Crippen LogP contribution in [0.2, 0.25) is 0 Å². The van der Waals surface area contributed by atoms with E-state index in [-0.39, 0.29) is 17.0 Å². The lowest BCUT2D eigenvalue weighted by atomic mass is 9.89. The highest BCUT2D eigenvalue weighted by Crippen LogP contribution is 2.52. The van der Waals surface area contributed by atoms with E-state index < -0.39 is 27.1 Å². The molecule has 3 atom stereocenters. The monoisotopic (exact) mass is 364 g/mol. The van der Waals surface area contributed by atoms with E-state index in [9.17, 15) is 25.3 Å². The van der Waals surface area contributed by atoms with Crippen molar-refractivity contribution in [3.63, 3.8) is 0 Å². The van der Waals surface area contributed by atoms with Crippen LogP contribution in [0.1, 0.15) is 28.9 Å². The van der Waals surface area contributed by atoms with Crippen molar-refractivity contribution in [2.45, 2.75) is 24.1 Å². The number of fused-ring (bicyclic) bond motifs is 1. The van der Waals surface area contributed by atoms with Crippen LogP contribution in [-0.4, -0.2) is 20.0 Å². The van der Waals surface area contributed by atoms with E-state index in [0.29, 0.717) is 5.56 Å². The topological polar surface area (TPSA) is 116 Å². The van der Waals surface area contributed by atoms with Crippen LogP contribution in [0, 0.1) is 27.2 Å². The summed E-state index contributed by atoms with van der Waals surface area (Å²) in [4.78, 5) is 18.7. The molecule has 8 nitrogen and oxygen atoms in total. The van der Waals surface area contributed by atoms with Crippen LogP contribution in [0.5, 0.6) is 5.75 Å². The number of halogens is 1. The Morgan fingerprint density at radius 2 is 1.80 bits per heavy atom. The van der Waals surface area contributed by atoms with Crippen molar-refractivity contribution >= 4 is 17.3 Å².